The molecule has 4 rings (SSSR count). The van der Waals surface area contributed by atoms with Gasteiger partial charge >= 0.3 is 0 Å². The molecule has 0 unspecified atom stereocenters. The molecule has 1 aromatic carbocycles. The lowest BCUT2D eigenvalue weighted by Crippen LogP contribution is -2.14. The van der Waals surface area contributed by atoms with Gasteiger partial charge in [-0.1, -0.05) is 60.1 Å². The highest BCUT2D eigenvalue weighted by molar-refractivity contribution is 7.99. The van der Waals surface area contributed by atoms with Crippen LogP contribution in [0.15, 0.2) is 35.7 Å². The summed E-state index contributed by atoms with van der Waals surface area (Å²) in [6.07, 6.45) is 7.82. The maximum Gasteiger partial charge on any atom is 0.236 e. The number of carbonyl (C=O) groups excluding carboxylic acids is 1. The summed E-state index contributed by atoms with van der Waals surface area (Å²) in [7, 11) is 0. The minimum Gasteiger partial charge on any atom is -0.300 e. The van der Waals surface area contributed by atoms with E-state index in [0.29, 0.717) is 16.2 Å². The molecule has 1 aliphatic carbocycles. The highest BCUT2D eigenvalue weighted by atomic mass is 32.2. The van der Waals surface area contributed by atoms with Gasteiger partial charge in [0.2, 0.25) is 11.0 Å². The normalized spacial score (nSPS) is 14.9. The third kappa shape index (κ3) is 4.59. The molecule has 1 fully saturated rings. The molecule has 0 saturated heterocycles. The first-order chi connectivity index (χ1) is 13.7. The molecule has 146 valence electrons. The summed E-state index contributed by atoms with van der Waals surface area (Å²) in [6.45, 7) is 2.04. The van der Waals surface area contributed by atoms with Crippen LogP contribution < -0.4 is 5.32 Å². The van der Waals surface area contributed by atoms with E-state index in [1.807, 2.05) is 35.8 Å². The first-order valence-corrected chi connectivity index (χ1v) is 11.2. The fourth-order valence-corrected chi connectivity index (χ4v) is 4.95. The summed E-state index contributed by atoms with van der Waals surface area (Å²) in [5.74, 6) is 0.622. The fourth-order valence-electron chi connectivity index (χ4n) is 3.29. The molecule has 2 heterocycles. The van der Waals surface area contributed by atoms with E-state index in [1.54, 1.807) is 6.33 Å². The number of hydrogen-bond donors (Lipinski definition) is 1. The standard InChI is InChI=1S/C19H22N6OS2/c1-13-7-9-15(10-8-13)25-12-20-24-19(25)27-11-16(26)21-18-23-22-17(28-18)14-5-3-2-4-6-14/h7-10,12,14H,2-6,11H2,1H3,(H,21,23,26). The average molecular weight is 415 g/mol. The summed E-state index contributed by atoms with van der Waals surface area (Å²) in [4.78, 5) is 12.3. The Morgan fingerprint density at radius 3 is 2.75 bits per heavy atom. The first-order valence-electron chi connectivity index (χ1n) is 9.42. The topological polar surface area (TPSA) is 85.6 Å². The summed E-state index contributed by atoms with van der Waals surface area (Å²) >= 11 is 2.84. The van der Waals surface area contributed by atoms with Gasteiger partial charge in [-0.25, -0.2) is 0 Å². The van der Waals surface area contributed by atoms with Crippen molar-refractivity contribution in [2.45, 2.75) is 50.1 Å². The zero-order chi connectivity index (χ0) is 19.3. The minimum absolute atomic E-state index is 0.116. The molecule has 0 bridgehead atoms. The number of hydrogen-bond acceptors (Lipinski definition) is 7. The van der Waals surface area contributed by atoms with E-state index in [0.717, 1.165) is 10.7 Å². The van der Waals surface area contributed by atoms with Crippen molar-refractivity contribution < 1.29 is 4.79 Å². The SMILES string of the molecule is Cc1ccc(-n2cnnc2SCC(=O)Nc2nnc(C3CCCCC3)s2)cc1. The van der Waals surface area contributed by atoms with Gasteiger partial charge in [-0.05, 0) is 31.9 Å². The number of anilines is 1. The van der Waals surface area contributed by atoms with Crippen molar-refractivity contribution >= 4 is 34.1 Å². The number of amides is 1. The lowest BCUT2D eigenvalue weighted by molar-refractivity contribution is -0.113. The lowest BCUT2D eigenvalue weighted by Gasteiger charge is -2.18. The van der Waals surface area contributed by atoms with Crippen LogP contribution in [0, 0.1) is 6.92 Å². The van der Waals surface area contributed by atoms with Crippen molar-refractivity contribution in [3.63, 3.8) is 0 Å². The number of thioether (sulfide) groups is 1. The van der Waals surface area contributed by atoms with E-state index in [9.17, 15) is 4.79 Å². The smallest absolute Gasteiger partial charge is 0.236 e. The summed E-state index contributed by atoms with van der Waals surface area (Å²) < 4.78 is 1.88. The lowest BCUT2D eigenvalue weighted by atomic mass is 9.90. The maximum atomic E-state index is 12.3. The molecule has 1 N–H and O–H groups in total. The Morgan fingerprint density at radius 2 is 1.96 bits per heavy atom. The Bertz CT molecular complexity index is 930. The van der Waals surface area contributed by atoms with Crippen molar-refractivity contribution in [1.29, 1.82) is 0 Å². The Labute approximate surface area is 172 Å². The van der Waals surface area contributed by atoms with Crippen LogP contribution in [0.3, 0.4) is 0 Å². The van der Waals surface area contributed by atoms with Crippen LogP contribution in [0.25, 0.3) is 5.69 Å². The number of aromatic nitrogens is 5. The molecular weight excluding hydrogens is 392 g/mol. The van der Waals surface area contributed by atoms with Gasteiger partial charge in [-0.15, -0.1) is 20.4 Å². The van der Waals surface area contributed by atoms with Crippen molar-refractivity contribution in [2.75, 3.05) is 11.1 Å². The average Bonchev–Trinajstić information content (AvgIpc) is 3.37. The molecule has 1 aliphatic rings. The third-order valence-electron chi connectivity index (χ3n) is 4.80. The predicted octanol–water partition coefficient (Wildman–Crippen LogP) is 4.21. The maximum absolute atomic E-state index is 12.3. The monoisotopic (exact) mass is 414 g/mol. The molecule has 0 radical (unpaired) electrons. The van der Waals surface area contributed by atoms with Crippen LogP contribution in [-0.2, 0) is 4.79 Å². The molecule has 7 nitrogen and oxygen atoms in total. The second-order valence-corrected chi connectivity index (χ2v) is 8.89. The Hall–Kier alpha value is -2.26. The zero-order valence-corrected chi connectivity index (χ0v) is 17.3. The van der Waals surface area contributed by atoms with E-state index >= 15 is 0 Å². The Morgan fingerprint density at radius 1 is 1.18 bits per heavy atom. The number of benzene rings is 1. The van der Waals surface area contributed by atoms with Gasteiger partial charge in [-0.2, -0.15) is 0 Å². The van der Waals surface area contributed by atoms with Gasteiger partial charge < -0.3 is 0 Å². The molecule has 0 spiro atoms. The van der Waals surface area contributed by atoms with Crippen molar-refractivity contribution in [2.24, 2.45) is 0 Å². The van der Waals surface area contributed by atoms with E-state index in [1.165, 1.54) is 60.8 Å². The molecule has 28 heavy (non-hydrogen) atoms. The van der Waals surface area contributed by atoms with Crippen LogP contribution in [0.5, 0.6) is 0 Å². The quantitative estimate of drug-likeness (QED) is 0.608. The molecule has 0 aliphatic heterocycles. The second-order valence-electron chi connectivity index (χ2n) is 6.94. The number of rotatable bonds is 6. The molecule has 9 heteroatoms. The molecule has 2 aromatic heterocycles. The van der Waals surface area contributed by atoms with Crippen LogP contribution >= 0.6 is 23.1 Å². The van der Waals surface area contributed by atoms with Gasteiger partial charge in [0.25, 0.3) is 0 Å². The Kier molecular flexibility index (Phi) is 6.01. The van der Waals surface area contributed by atoms with Crippen LogP contribution in [-0.4, -0.2) is 36.6 Å². The van der Waals surface area contributed by atoms with Gasteiger partial charge in [0, 0.05) is 11.6 Å². The number of nitrogens with one attached hydrogen (secondary N) is 1. The van der Waals surface area contributed by atoms with Crippen molar-refractivity contribution in [1.82, 2.24) is 25.0 Å². The fraction of sp³-hybridized carbons (Fsp3) is 0.421. The number of nitrogens with zero attached hydrogens (tertiary/aromatic N) is 5. The molecule has 1 amide bonds. The largest absolute Gasteiger partial charge is 0.300 e. The molecule has 3 aromatic rings. The van der Waals surface area contributed by atoms with Crippen molar-refractivity contribution in [3.8, 4) is 5.69 Å². The first kappa shape index (κ1) is 19.1. The molecule has 1 saturated carbocycles. The second kappa shape index (κ2) is 8.83. The third-order valence-corrected chi connectivity index (χ3v) is 6.75. The Balaban J connectivity index is 1.33. The number of aryl methyl sites for hydroxylation is 1. The summed E-state index contributed by atoms with van der Waals surface area (Å²) in [5, 5.41) is 21.7. The van der Waals surface area contributed by atoms with E-state index in [4.69, 9.17) is 0 Å². The zero-order valence-electron chi connectivity index (χ0n) is 15.7. The molecule has 0 atom stereocenters. The number of carbonyl (C=O) groups is 1. The van der Waals surface area contributed by atoms with Crippen molar-refractivity contribution in [3.05, 3.63) is 41.2 Å². The molecular formula is C19H22N6OS2. The summed E-state index contributed by atoms with van der Waals surface area (Å²) in [5.41, 5.74) is 2.16. The van der Waals surface area contributed by atoms with Gasteiger partial charge in [0.15, 0.2) is 5.16 Å². The van der Waals surface area contributed by atoms with E-state index < -0.39 is 0 Å². The predicted molar refractivity (Wildman–Crippen MR) is 111 cm³/mol. The van der Waals surface area contributed by atoms with Gasteiger partial charge in [0.1, 0.15) is 11.3 Å². The van der Waals surface area contributed by atoms with Gasteiger partial charge in [0.05, 0.1) is 5.75 Å². The summed E-state index contributed by atoms with van der Waals surface area (Å²) in [6, 6.07) is 8.10. The van der Waals surface area contributed by atoms with Crippen LogP contribution in [0.2, 0.25) is 0 Å². The van der Waals surface area contributed by atoms with Crippen LogP contribution in [0.4, 0.5) is 5.13 Å². The van der Waals surface area contributed by atoms with E-state index in [2.05, 4.69) is 25.7 Å². The highest BCUT2D eigenvalue weighted by Gasteiger charge is 2.20. The highest BCUT2D eigenvalue weighted by Crippen LogP contribution is 2.35. The van der Waals surface area contributed by atoms with Crippen LogP contribution in [0.1, 0.15) is 48.6 Å². The minimum atomic E-state index is -0.116. The van der Waals surface area contributed by atoms with Gasteiger partial charge in [-0.3, -0.25) is 14.7 Å². The van der Waals surface area contributed by atoms with E-state index in [-0.39, 0.29) is 11.7 Å².